The highest BCUT2D eigenvalue weighted by Gasteiger charge is 2.63. The van der Waals surface area contributed by atoms with Gasteiger partial charge in [-0.3, -0.25) is 9.59 Å². The van der Waals surface area contributed by atoms with Crippen LogP contribution in [0.5, 0.6) is 0 Å². The van der Waals surface area contributed by atoms with Gasteiger partial charge in [0.15, 0.2) is 6.17 Å². The number of benzene rings is 1. The van der Waals surface area contributed by atoms with E-state index >= 15 is 0 Å². The first-order chi connectivity index (χ1) is 11.0. The minimum Gasteiger partial charge on any atom is -0.466 e. The Labute approximate surface area is 135 Å². The zero-order valence-corrected chi connectivity index (χ0v) is 13.5. The van der Waals surface area contributed by atoms with E-state index in [0.29, 0.717) is 12.8 Å². The van der Waals surface area contributed by atoms with Crippen LogP contribution in [0.15, 0.2) is 30.3 Å². The Balaban J connectivity index is 1.79. The molecule has 124 valence electrons. The first-order valence-corrected chi connectivity index (χ1v) is 8.18. The van der Waals surface area contributed by atoms with E-state index < -0.39 is 23.4 Å². The molecule has 0 spiro atoms. The molecule has 2 unspecified atom stereocenters. The summed E-state index contributed by atoms with van der Waals surface area (Å²) in [6.07, 6.45) is -0.400. The van der Waals surface area contributed by atoms with Crippen LogP contribution < -0.4 is 0 Å². The minimum atomic E-state index is -1.62. The van der Waals surface area contributed by atoms with Crippen LogP contribution in [-0.2, 0) is 14.3 Å². The largest absolute Gasteiger partial charge is 0.466 e. The molecular formula is C18H22FNO3. The number of esters is 1. The second kappa shape index (κ2) is 5.95. The number of likely N-dealkylation sites (tertiary alicyclic amines) is 1. The van der Waals surface area contributed by atoms with Crippen LogP contribution in [-0.4, -0.2) is 36.1 Å². The molecule has 1 heterocycles. The molecule has 4 nitrogen and oxygen atoms in total. The van der Waals surface area contributed by atoms with Crippen LogP contribution in [0, 0.1) is 11.3 Å². The van der Waals surface area contributed by atoms with Crippen molar-refractivity contribution in [3.05, 3.63) is 35.9 Å². The average Bonchev–Trinajstić information content (AvgIpc) is 3.31. The Morgan fingerprint density at radius 2 is 2.04 bits per heavy atom. The molecule has 0 radical (unpaired) electrons. The average molecular weight is 319 g/mol. The van der Waals surface area contributed by atoms with E-state index in [2.05, 4.69) is 0 Å². The first kappa shape index (κ1) is 16.0. The third-order valence-electron chi connectivity index (χ3n) is 5.20. The lowest BCUT2D eigenvalue weighted by Gasteiger charge is -2.26. The first-order valence-electron chi connectivity index (χ1n) is 8.18. The van der Waals surface area contributed by atoms with E-state index in [4.69, 9.17) is 4.74 Å². The number of amides is 1. The highest BCUT2D eigenvalue weighted by molar-refractivity contribution is 5.88. The molecule has 0 N–H and O–H groups in total. The van der Waals surface area contributed by atoms with Gasteiger partial charge in [-0.25, -0.2) is 4.39 Å². The van der Waals surface area contributed by atoms with E-state index in [1.807, 2.05) is 37.3 Å². The number of ether oxygens (including phenoxy) is 1. The van der Waals surface area contributed by atoms with Crippen molar-refractivity contribution < 1.29 is 18.7 Å². The smallest absolute Gasteiger partial charge is 0.312 e. The van der Waals surface area contributed by atoms with Crippen LogP contribution in [0.1, 0.15) is 38.3 Å². The summed E-state index contributed by atoms with van der Waals surface area (Å²) in [6.45, 7) is 4.19. The highest BCUT2D eigenvalue weighted by atomic mass is 19.1. The van der Waals surface area contributed by atoms with Gasteiger partial charge in [-0.1, -0.05) is 30.3 Å². The van der Waals surface area contributed by atoms with E-state index in [-0.39, 0.29) is 25.2 Å². The molecule has 0 aromatic heterocycles. The van der Waals surface area contributed by atoms with Crippen molar-refractivity contribution in [2.45, 2.75) is 38.9 Å². The predicted molar refractivity (Wildman–Crippen MR) is 83.3 cm³/mol. The number of hydrogen-bond acceptors (Lipinski definition) is 3. The van der Waals surface area contributed by atoms with Crippen LogP contribution in [0.4, 0.5) is 4.39 Å². The lowest BCUT2D eigenvalue weighted by atomic mass is 9.87. The third-order valence-corrected chi connectivity index (χ3v) is 5.20. The second-order valence-electron chi connectivity index (χ2n) is 6.46. The fraction of sp³-hybridized carbons (Fsp3) is 0.556. The lowest BCUT2D eigenvalue weighted by molar-refractivity contribution is -0.152. The zero-order chi connectivity index (χ0) is 16.6. The molecule has 5 heteroatoms. The predicted octanol–water partition coefficient (Wildman–Crippen LogP) is 2.89. The number of rotatable bonds is 5. The molecule has 1 aliphatic heterocycles. The van der Waals surface area contributed by atoms with E-state index in [9.17, 15) is 14.0 Å². The molecule has 1 aliphatic carbocycles. The normalized spacial score (nSPS) is 26.9. The summed E-state index contributed by atoms with van der Waals surface area (Å²) in [4.78, 5) is 26.1. The van der Waals surface area contributed by atoms with Gasteiger partial charge in [-0.15, -0.1) is 0 Å². The molecule has 2 aliphatic rings. The van der Waals surface area contributed by atoms with E-state index in [1.54, 1.807) is 11.8 Å². The molecule has 3 rings (SSSR count). The number of alkyl halides is 1. The maximum atomic E-state index is 14.6. The van der Waals surface area contributed by atoms with Crippen molar-refractivity contribution in [3.8, 4) is 0 Å². The Morgan fingerprint density at radius 3 is 2.61 bits per heavy atom. The van der Waals surface area contributed by atoms with Gasteiger partial charge in [0.2, 0.25) is 0 Å². The fourth-order valence-electron chi connectivity index (χ4n) is 3.58. The summed E-state index contributed by atoms with van der Waals surface area (Å²) in [5, 5.41) is 0. The second-order valence-corrected chi connectivity index (χ2v) is 6.46. The van der Waals surface area contributed by atoms with Crippen molar-refractivity contribution in [1.82, 2.24) is 4.90 Å². The number of carbonyl (C=O) groups excluding carboxylic acids is 2. The van der Waals surface area contributed by atoms with Crippen LogP contribution in [0.3, 0.4) is 0 Å². The van der Waals surface area contributed by atoms with Crippen LogP contribution >= 0.6 is 0 Å². The molecular weight excluding hydrogens is 297 g/mol. The van der Waals surface area contributed by atoms with Gasteiger partial charge in [-0.2, -0.15) is 0 Å². The topological polar surface area (TPSA) is 46.6 Å². The SMILES string of the molecule is CCOC(=O)C1(C2CN([C@@H](C)c3ccccc3)C(=O)C2F)CC1. The lowest BCUT2D eigenvalue weighted by Crippen LogP contribution is -2.34. The van der Waals surface area contributed by atoms with Crippen molar-refractivity contribution in [2.75, 3.05) is 13.2 Å². The van der Waals surface area contributed by atoms with E-state index in [1.165, 1.54) is 0 Å². The minimum absolute atomic E-state index is 0.204. The molecule has 1 saturated heterocycles. The van der Waals surface area contributed by atoms with Gasteiger partial charge < -0.3 is 9.64 Å². The Morgan fingerprint density at radius 1 is 1.39 bits per heavy atom. The summed E-state index contributed by atoms with van der Waals surface area (Å²) in [5.74, 6) is -1.46. The number of nitrogens with zero attached hydrogens (tertiary/aromatic N) is 1. The monoisotopic (exact) mass is 319 g/mol. The highest BCUT2D eigenvalue weighted by Crippen LogP contribution is 2.57. The number of halogens is 1. The van der Waals surface area contributed by atoms with Gasteiger partial charge in [0.25, 0.3) is 5.91 Å². The summed E-state index contributed by atoms with van der Waals surface area (Å²) >= 11 is 0. The summed E-state index contributed by atoms with van der Waals surface area (Å²) in [6, 6.07) is 9.36. The van der Waals surface area contributed by atoms with Crippen molar-refractivity contribution in [3.63, 3.8) is 0 Å². The standard InChI is InChI=1S/C18H22FNO3/c1-3-23-17(22)18(9-10-18)14-11-20(16(21)15(14)19)12(2)13-7-5-4-6-8-13/h4-8,12,14-15H,3,9-11H2,1-2H3/t12-,14?,15?/m0/s1. The summed E-state index contributed by atoms with van der Waals surface area (Å²) in [5.41, 5.74) is 0.172. The summed E-state index contributed by atoms with van der Waals surface area (Å²) in [7, 11) is 0. The van der Waals surface area contributed by atoms with Crippen LogP contribution in [0.2, 0.25) is 0 Å². The third kappa shape index (κ3) is 2.62. The Kier molecular flexibility index (Phi) is 4.13. The van der Waals surface area contributed by atoms with Crippen molar-refractivity contribution >= 4 is 11.9 Å². The molecule has 1 aromatic rings. The van der Waals surface area contributed by atoms with Crippen molar-refractivity contribution in [1.29, 1.82) is 0 Å². The van der Waals surface area contributed by atoms with Gasteiger partial charge in [0, 0.05) is 12.5 Å². The van der Waals surface area contributed by atoms with Gasteiger partial charge in [0.1, 0.15) is 0 Å². The Hall–Kier alpha value is -1.91. The maximum absolute atomic E-state index is 14.6. The van der Waals surface area contributed by atoms with Gasteiger partial charge in [-0.05, 0) is 32.3 Å². The van der Waals surface area contributed by atoms with Gasteiger partial charge in [0.05, 0.1) is 18.1 Å². The fourth-order valence-corrected chi connectivity index (χ4v) is 3.58. The molecule has 1 amide bonds. The van der Waals surface area contributed by atoms with Gasteiger partial charge >= 0.3 is 5.97 Å². The molecule has 0 bridgehead atoms. The number of hydrogen-bond donors (Lipinski definition) is 0. The molecule has 2 fully saturated rings. The Bertz CT molecular complexity index is 600. The number of carbonyl (C=O) groups is 2. The maximum Gasteiger partial charge on any atom is 0.312 e. The van der Waals surface area contributed by atoms with Crippen molar-refractivity contribution in [2.24, 2.45) is 11.3 Å². The van der Waals surface area contributed by atoms with E-state index in [0.717, 1.165) is 5.56 Å². The zero-order valence-electron chi connectivity index (χ0n) is 13.5. The molecule has 1 aromatic carbocycles. The molecule has 3 atom stereocenters. The van der Waals surface area contributed by atoms with Crippen LogP contribution in [0.25, 0.3) is 0 Å². The quantitative estimate of drug-likeness (QED) is 0.784. The summed E-state index contributed by atoms with van der Waals surface area (Å²) < 4.78 is 19.8. The molecule has 1 saturated carbocycles. The molecule has 23 heavy (non-hydrogen) atoms.